The molecule has 3 fully saturated rings. The smallest absolute Gasteiger partial charge is 0.396 e. The summed E-state index contributed by atoms with van der Waals surface area (Å²) in [4.78, 5) is 153. The number of benzene rings is 3. The lowest BCUT2D eigenvalue weighted by Crippen LogP contribution is -2.61. The molecule has 3 aromatic carbocycles. The van der Waals surface area contributed by atoms with E-state index in [0.29, 0.717) is 43.2 Å². The number of unbranched alkanes of at least 4 members (excludes halogenated alkanes) is 1. The number of aliphatic hydroxyl groups is 1. The number of aromatic nitrogens is 2. The molecule has 0 radical (unpaired) electrons. The fourth-order valence-corrected chi connectivity index (χ4v) is 13.1. The summed E-state index contributed by atoms with van der Waals surface area (Å²) in [7, 11) is -5.10. The molecule has 5 aromatic rings. The van der Waals surface area contributed by atoms with Crippen LogP contribution in [0.2, 0.25) is 5.02 Å². The molecule has 2 aromatic heterocycles. The first-order valence-electron chi connectivity index (χ1n) is 29.3. The van der Waals surface area contributed by atoms with Gasteiger partial charge < -0.3 is 66.3 Å². The number of primary amides is 1. The topological polar surface area (TPSA) is 353 Å². The normalized spacial score (nSPS) is 19.9. The Kier molecular flexibility index (Phi) is 21.4. The average Bonchev–Trinajstić information content (AvgIpc) is 4.22. The van der Waals surface area contributed by atoms with Gasteiger partial charge in [-0.3, -0.25) is 47.7 Å². The first kappa shape index (κ1) is 66.4. The zero-order valence-corrected chi connectivity index (χ0v) is 52.3. The van der Waals surface area contributed by atoms with Crippen LogP contribution in [0.25, 0.3) is 21.3 Å². The molecular formula is C61H76ClN10O14PS. The molecule has 0 bridgehead atoms. The Morgan fingerprint density at radius 1 is 0.920 bits per heavy atom. The van der Waals surface area contributed by atoms with Crippen LogP contribution in [-0.2, 0) is 44.5 Å². The van der Waals surface area contributed by atoms with Gasteiger partial charge in [-0.1, -0.05) is 68.8 Å². The fourth-order valence-electron chi connectivity index (χ4n) is 11.5. The number of aromatic amines is 1. The number of likely N-dealkylation sites (tertiary alicyclic amines) is 1. The van der Waals surface area contributed by atoms with Gasteiger partial charge in [0.1, 0.15) is 42.2 Å². The van der Waals surface area contributed by atoms with E-state index < -0.39 is 102 Å². The highest BCUT2D eigenvalue weighted by Gasteiger charge is 2.47. The maximum absolute atomic E-state index is 14.6. The number of carbonyl (C=O) groups is 9. The number of H-pyrrole nitrogens is 1. The predicted octanol–water partition coefficient (Wildman–Crippen LogP) is 5.19. The van der Waals surface area contributed by atoms with E-state index in [1.54, 1.807) is 29.0 Å². The molecule has 5 heterocycles. The van der Waals surface area contributed by atoms with E-state index >= 15 is 0 Å². The van der Waals surface area contributed by atoms with Crippen LogP contribution in [0.5, 0.6) is 5.75 Å². The average molecular weight is 1270 g/mol. The molecule has 472 valence electrons. The summed E-state index contributed by atoms with van der Waals surface area (Å²) in [6.45, 7) is 10.4. The predicted molar refractivity (Wildman–Crippen MR) is 328 cm³/mol. The van der Waals surface area contributed by atoms with Gasteiger partial charge in [0, 0.05) is 68.3 Å². The van der Waals surface area contributed by atoms with Crippen molar-refractivity contribution < 1.29 is 67.3 Å². The van der Waals surface area contributed by atoms with Crippen LogP contribution in [0.4, 0.5) is 0 Å². The van der Waals surface area contributed by atoms with Gasteiger partial charge in [0.2, 0.25) is 41.4 Å². The summed E-state index contributed by atoms with van der Waals surface area (Å²) in [5.74, 6) is -3.86. The Bertz CT molecular complexity index is 3510. The monoisotopic (exact) mass is 1270 g/mol. The molecule has 10 N–H and O–H groups in total. The molecule has 3 aliphatic rings. The largest absolute Gasteiger partial charge is 0.490 e. The summed E-state index contributed by atoms with van der Waals surface area (Å²) >= 11 is 8.46. The van der Waals surface area contributed by atoms with Gasteiger partial charge >= 0.3 is 7.60 Å². The van der Waals surface area contributed by atoms with E-state index in [1.165, 1.54) is 45.9 Å². The zero-order chi connectivity index (χ0) is 63.9. The summed E-state index contributed by atoms with van der Waals surface area (Å²) in [6.07, 6.45) is 1.49. The summed E-state index contributed by atoms with van der Waals surface area (Å²) in [5.41, 5.74) is 8.74. The minimum absolute atomic E-state index is 0.0441. The molecule has 3 saturated heterocycles. The minimum atomic E-state index is -5.10. The second-order valence-electron chi connectivity index (χ2n) is 23.9. The van der Waals surface area contributed by atoms with Gasteiger partial charge in [-0.15, -0.1) is 11.3 Å². The molecule has 0 aliphatic carbocycles. The molecule has 8 rings (SSSR count). The number of aliphatic hydroxyl groups excluding tert-OH is 1. The van der Waals surface area contributed by atoms with Gasteiger partial charge in [0.15, 0.2) is 0 Å². The zero-order valence-electron chi connectivity index (χ0n) is 49.9. The standard InChI is InChI=1S/C61H76ClN10O14PS/c1-33(36-14-16-38(17-15-36)53-34(2)64-32-88-53)65-57(79)48-28-43(74)29-71(48)59(81)54(61(4,5)6)69-51(76)13-8-7-10-37-11-9-12-49(52(37)62)86-31-41(19-23-50(63)75)66-56(78)47-22-20-42-24-25-70(35(3)73)30-46(58(80)72(42)47)68-55(77)45-27-40-26-39(18-21-44(40)67-45)60(82)87(83,84)85/h9,11-12,14-18,21,26-27,32-33,41-43,46-48,54,67,74H,7-8,10,13,19-20,22-25,28-31H2,1-6H3,(H2,63,75)(H,65,79)(H,66,78)(H,68,77)(H,69,76)(H2,83,84,85)/t33-,41-,42+,43-,46-,47-,48-,54+/m0/s1. The molecule has 27 heteroatoms. The number of hydrogen-bond acceptors (Lipinski definition) is 14. The van der Waals surface area contributed by atoms with Crippen molar-refractivity contribution in [2.45, 2.75) is 154 Å². The van der Waals surface area contributed by atoms with Crippen molar-refractivity contribution >= 4 is 94.2 Å². The summed E-state index contributed by atoms with van der Waals surface area (Å²) < 4.78 is 17.8. The molecule has 8 atom stereocenters. The third-order valence-electron chi connectivity index (χ3n) is 16.3. The van der Waals surface area contributed by atoms with E-state index in [0.717, 1.165) is 21.7 Å². The number of hydrogen-bond donors (Lipinski definition) is 9. The molecule has 0 saturated carbocycles. The maximum atomic E-state index is 14.6. The van der Waals surface area contributed by atoms with Crippen molar-refractivity contribution in [2.24, 2.45) is 11.1 Å². The first-order valence-corrected chi connectivity index (χ1v) is 32.1. The number of β-amino-alcohol motifs (C(OH)–C–C–N with tert-alkyl or cyclic N) is 1. The Balaban J connectivity index is 0.852. The van der Waals surface area contributed by atoms with Gasteiger partial charge in [-0.05, 0) is 111 Å². The van der Waals surface area contributed by atoms with Gasteiger partial charge in [0.25, 0.3) is 11.4 Å². The molecule has 0 spiro atoms. The molecular weight excluding hydrogens is 1200 g/mol. The number of fused-ring (bicyclic) bond motifs is 2. The van der Waals surface area contributed by atoms with Crippen molar-refractivity contribution in [3.05, 3.63) is 105 Å². The van der Waals surface area contributed by atoms with Crippen LogP contribution in [-0.4, -0.2) is 161 Å². The van der Waals surface area contributed by atoms with Crippen LogP contribution in [0.15, 0.2) is 72.2 Å². The SMILES string of the molecule is CC(=O)N1CC[C@H]2CC[C@@H](C(=O)N[C@@H](CCC(N)=O)COc3cccc(CCCCC(=O)N[C@H](C(=O)N4C[C@@H](O)C[C@H]4C(=O)N[C@@H](C)c4ccc(-c5scnc5C)cc4)C(C)(C)C)c3Cl)N2C(=O)[C@@H](NC(=O)c2cc3cc(C(=O)P(=O)(O)O)ccc3[nH]2)C1. The molecule has 24 nitrogen and oxygen atoms in total. The minimum Gasteiger partial charge on any atom is -0.490 e. The second kappa shape index (κ2) is 28.3. The Hall–Kier alpha value is -7.54. The van der Waals surface area contributed by atoms with Crippen molar-refractivity contribution in [1.29, 1.82) is 0 Å². The third-order valence-corrected chi connectivity index (χ3v) is 18.5. The number of aryl methyl sites for hydroxylation is 2. The lowest BCUT2D eigenvalue weighted by atomic mass is 9.85. The number of nitrogens with two attached hydrogens (primary N) is 1. The maximum Gasteiger partial charge on any atom is 0.396 e. The number of halogens is 1. The molecule has 0 unspecified atom stereocenters. The Morgan fingerprint density at radius 2 is 1.65 bits per heavy atom. The van der Waals surface area contributed by atoms with Crippen LogP contribution in [0, 0.1) is 12.3 Å². The van der Waals surface area contributed by atoms with E-state index in [-0.39, 0.29) is 97.6 Å². The van der Waals surface area contributed by atoms with Crippen molar-refractivity contribution in [3.8, 4) is 16.2 Å². The Labute approximate surface area is 518 Å². The number of carbonyl (C=O) groups excluding carboxylic acids is 9. The van der Waals surface area contributed by atoms with Gasteiger partial charge in [-0.25, -0.2) is 4.98 Å². The second-order valence-corrected chi connectivity index (χ2v) is 26.7. The van der Waals surface area contributed by atoms with Crippen LogP contribution >= 0.6 is 30.5 Å². The van der Waals surface area contributed by atoms with Crippen LogP contribution < -0.4 is 31.7 Å². The van der Waals surface area contributed by atoms with Gasteiger partial charge in [0.05, 0.1) is 39.3 Å². The van der Waals surface area contributed by atoms with Crippen LogP contribution in [0.3, 0.4) is 0 Å². The van der Waals surface area contributed by atoms with Gasteiger partial charge in [-0.2, -0.15) is 0 Å². The number of amides is 8. The number of nitrogens with zero attached hydrogens (tertiary/aromatic N) is 4. The van der Waals surface area contributed by atoms with Crippen molar-refractivity contribution in [1.82, 2.24) is 45.9 Å². The van der Waals surface area contributed by atoms with E-state index in [1.807, 2.05) is 65.0 Å². The summed E-state index contributed by atoms with van der Waals surface area (Å²) in [5, 5.41) is 22.9. The van der Waals surface area contributed by atoms with Crippen molar-refractivity contribution in [3.63, 3.8) is 0 Å². The number of thiazole rings is 1. The number of rotatable bonds is 23. The first-order chi connectivity index (χ1) is 41.6. The molecule has 88 heavy (non-hydrogen) atoms. The molecule has 3 aliphatic heterocycles. The Morgan fingerprint density at radius 3 is 2.32 bits per heavy atom. The number of ether oxygens (including phenoxy) is 1. The number of nitrogens with one attached hydrogen (secondary N) is 5. The lowest BCUT2D eigenvalue weighted by Gasteiger charge is -2.38. The highest BCUT2D eigenvalue weighted by Crippen LogP contribution is 2.40. The highest BCUT2D eigenvalue weighted by atomic mass is 35.5. The third kappa shape index (κ3) is 16.2. The molecule has 8 amide bonds. The van der Waals surface area contributed by atoms with Crippen molar-refractivity contribution in [2.75, 3.05) is 26.2 Å². The fraction of sp³-hybridized carbons (Fsp3) is 0.475. The lowest BCUT2D eigenvalue weighted by molar-refractivity contribution is -0.145. The van der Waals surface area contributed by atoms with Crippen LogP contribution in [0.1, 0.15) is 136 Å². The van der Waals surface area contributed by atoms with E-state index in [9.17, 15) is 62.6 Å². The van der Waals surface area contributed by atoms with E-state index in [4.69, 9.17) is 22.1 Å². The summed E-state index contributed by atoms with van der Waals surface area (Å²) in [6, 6.07) is 12.2. The van der Waals surface area contributed by atoms with E-state index in [2.05, 4.69) is 31.2 Å². The highest BCUT2D eigenvalue weighted by molar-refractivity contribution is 7.70. The quantitative estimate of drug-likeness (QED) is 0.0300.